The van der Waals surface area contributed by atoms with Crippen molar-refractivity contribution in [2.24, 2.45) is 4.99 Å². The number of unbranched alkanes of at least 4 members (excludes halogenated alkanes) is 1. The van der Waals surface area contributed by atoms with Gasteiger partial charge in [0, 0.05) is 6.21 Å². The number of aliphatic imine (C=N–C) groups is 1. The van der Waals surface area contributed by atoms with Gasteiger partial charge in [-0.05, 0) is 56.0 Å². The van der Waals surface area contributed by atoms with Crippen LogP contribution in [-0.2, 0) is 0 Å². The molecular formula is C15H20ClN. The lowest BCUT2D eigenvalue weighted by Crippen LogP contribution is -1.85. The average molecular weight is 250 g/mol. The molecule has 1 aromatic rings. The normalized spacial score (nSPS) is 12.4. The summed E-state index contributed by atoms with van der Waals surface area (Å²) < 4.78 is 0. The first-order valence-electron chi connectivity index (χ1n) is 6.06. The number of benzene rings is 1. The van der Waals surface area contributed by atoms with Gasteiger partial charge in [-0.25, -0.2) is 0 Å². The molecular weight excluding hydrogens is 230 g/mol. The molecule has 17 heavy (non-hydrogen) atoms. The van der Waals surface area contributed by atoms with Gasteiger partial charge >= 0.3 is 0 Å². The molecule has 0 amide bonds. The van der Waals surface area contributed by atoms with Crippen LogP contribution in [0.1, 0.15) is 44.7 Å². The fraction of sp³-hybridized carbons (Fsp3) is 0.400. The monoisotopic (exact) mass is 249 g/mol. The third-order valence-electron chi connectivity index (χ3n) is 2.71. The van der Waals surface area contributed by atoms with Crippen molar-refractivity contribution in [1.82, 2.24) is 0 Å². The summed E-state index contributed by atoms with van der Waals surface area (Å²) in [4.78, 5) is 4.29. The van der Waals surface area contributed by atoms with Gasteiger partial charge < -0.3 is 0 Å². The second kappa shape index (κ2) is 6.61. The van der Waals surface area contributed by atoms with Crippen LogP contribution < -0.4 is 0 Å². The Labute approximate surface area is 109 Å². The first-order valence-corrected chi connectivity index (χ1v) is 6.43. The summed E-state index contributed by atoms with van der Waals surface area (Å²) in [5.74, 6) is 0. The quantitative estimate of drug-likeness (QED) is 0.618. The van der Waals surface area contributed by atoms with E-state index in [-0.39, 0.29) is 0 Å². The molecule has 1 rings (SSSR count). The number of aryl methyl sites for hydroxylation is 1. The highest BCUT2D eigenvalue weighted by Gasteiger charge is 2.06. The second-order valence-electron chi connectivity index (χ2n) is 4.19. The fourth-order valence-electron chi connectivity index (χ4n) is 1.74. The lowest BCUT2D eigenvalue weighted by atomic mass is 10.0. The Bertz CT molecular complexity index is 421. The molecule has 2 heteroatoms. The Hall–Kier alpha value is -1.08. The van der Waals surface area contributed by atoms with E-state index >= 15 is 0 Å². The van der Waals surface area contributed by atoms with Crippen molar-refractivity contribution in [3.63, 3.8) is 0 Å². The van der Waals surface area contributed by atoms with Crippen molar-refractivity contribution in [1.29, 1.82) is 0 Å². The standard InChI is InChI=1S/C15H20ClN/c1-5-7-8-11(3)13-9-12(4)15(17-6-2)14(16)10-13/h6,8-10H,5,7H2,1-4H3/b11-8+,17-6?. The molecule has 0 aromatic heterocycles. The fourth-order valence-corrected chi connectivity index (χ4v) is 2.05. The molecule has 0 N–H and O–H groups in total. The molecule has 0 saturated carbocycles. The number of nitrogens with zero attached hydrogens (tertiary/aromatic N) is 1. The zero-order valence-electron chi connectivity index (χ0n) is 11.0. The van der Waals surface area contributed by atoms with Gasteiger partial charge in [-0.15, -0.1) is 0 Å². The molecule has 0 saturated heterocycles. The predicted octanol–water partition coefficient (Wildman–Crippen LogP) is 5.57. The van der Waals surface area contributed by atoms with E-state index in [0.717, 1.165) is 22.7 Å². The molecule has 0 bridgehead atoms. The predicted molar refractivity (Wildman–Crippen MR) is 78.6 cm³/mol. The Morgan fingerprint density at radius 3 is 2.65 bits per heavy atom. The van der Waals surface area contributed by atoms with Crippen LogP contribution in [-0.4, -0.2) is 6.21 Å². The van der Waals surface area contributed by atoms with Crippen LogP contribution in [0.3, 0.4) is 0 Å². The molecule has 0 fully saturated rings. The lowest BCUT2D eigenvalue weighted by Gasteiger charge is -2.08. The van der Waals surface area contributed by atoms with Crippen LogP contribution in [0.5, 0.6) is 0 Å². The van der Waals surface area contributed by atoms with E-state index in [9.17, 15) is 0 Å². The number of rotatable bonds is 4. The number of hydrogen-bond acceptors (Lipinski definition) is 1. The van der Waals surface area contributed by atoms with Gasteiger partial charge in [-0.1, -0.05) is 31.0 Å². The topological polar surface area (TPSA) is 12.4 Å². The highest BCUT2D eigenvalue weighted by molar-refractivity contribution is 6.33. The molecule has 1 aromatic carbocycles. The van der Waals surface area contributed by atoms with Crippen LogP contribution >= 0.6 is 11.6 Å². The molecule has 0 aliphatic rings. The van der Waals surface area contributed by atoms with Crippen molar-refractivity contribution >= 4 is 29.1 Å². The highest BCUT2D eigenvalue weighted by Crippen LogP contribution is 2.32. The molecule has 0 spiro atoms. The molecule has 92 valence electrons. The van der Waals surface area contributed by atoms with E-state index in [1.807, 2.05) is 19.9 Å². The molecule has 0 radical (unpaired) electrons. The minimum absolute atomic E-state index is 0.724. The van der Waals surface area contributed by atoms with Crippen LogP contribution in [0.15, 0.2) is 23.2 Å². The molecule has 0 heterocycles. The minimum atomic E-state index is 0.724. The van der Waals surface area contributed by atoms with Gasteiger partial charge in [0.25, 0.3) is 0 Å². The maximum Gasteiger partial charge on any atom is 0.0841 e. The van der Waals surface area contributed by atoms with E-state index in [4.69, 9.17) is 11.6 Å². The largest absolute Gasteiger partial charge is 0.260 e. The average Bonchev–Trinajstić information content (AvgIpc) is 2.30. The zero-order valence-corrected chi connectivity index (χ0v) is 11.8. The van der Waals surface area contributed by atoms with Crippen LogP contribution in [0.4, 0.5) is 5.69 Å². The van der Waals surface area contributed by atoms with Crippen molar-refractivity contribution in [3.05, 3.63) is 34.4 Å². The van der Waals surface area contributed by atoms with Gasteiger partial charge in [0.2, 0.25) is 0 Å². The summed E-state index contributed by atoms with van der Waals surface area (Å²) in [5.41, 5.74) is 4.47. The minimum Gasteiger partial charge on any atom is -0.260 e. The summed E-state index contributed by atoms with van der Waals surface area (Å²) >= 11 is 6.25. The van der Waals surface area contributed by atoms with Crippen molar-refractivity contribution < 1.29 is 0 Å². The third kappa shape index (κ3) is 3.71. The van der Waals surface area contributed by atoms with E-state index in [2.05, 4.69) is 31.0 Å². The summed E-state index contributed by atoms with van der Waals surface area (Å²) in [5, 5.41) is 0.724. The van der Waals surface area contributed by atoms with Crippen molar-refractivity contribution in [2.75, 3.05) is 0 Å². The summed E-state index contributed by atoms with van der Waals surface area (Å²) in [6.45, 7) is 8.26. The van der Waals surface area contributed by atoms with E-state index in [1.165, 1.54) is 17.6 Å². The smallest absolute Gasteiger partial charge is 0.0841 e. The van der Waals surface area contributed by atoms with E-state index in [1.54, 1.807) is 6.21 Å². The maximum atomic E-state index is 6.25. The van der Waals surface area contributed by atoms with Gasteiger partial charge in [-0.2, -0.15) is 0 Å². The summed E-state index contributed by atoms with van der Waals surface area (Å²) in [7, 11) is 0. The van der Waals surface area contributed by atoms with E-state index < -0.39 is 0 Å². The number of allylic oxidation sites excluding steroid dienone is 2. The van der Waals surface area contributed by atoms with E-state index in [0.29, 0.717) is 0 Å². The Morgan fingerprint density at radius 2 is 2.12 bits per heavy atom. The zero-order chi connectivity index (χ0) is 12.8. The van der Waals surface area contributed by atoms with Crippen LogP contribution in [0.2, 0.25) is 5.02 Å². The molecule has 0 aliphatic carbocycles. The van der Waals surface area contributed by atoms with Gasteiger partial charge in [0.15, 0.2) is 0 Å². The maximum absolute atomic E-state index is 6.25. The van der Waals surface area contributed by atoms with Gasteiger partial charge in [-0.3, -0.25) is 4.99 Å². The molecule has 1 nitrogen and oxygen atoms in total. The highest BCUT2D eigenvalue weighted by atomic mass is 35.5. The SMILES string of the molecule is CC=Nc1c(C)cc(/C(C)=C/CCC)cc1Cl. The van der Waals surface area contributed by atoms with Gasteiger partial charge in [0.05, 0.1) is 10.7 Å². The van der Waals surface area contributed by atoms with Crippen molar-refractivity contribution in [2.45, 2.75) is 40.5 Å². The lowest BCUT2D eigenvalue weighted by molar-refractivity contribution is 0.959. The Kier molecular flexibility index (Phi) is 5.43. The Balaban J connectivity index is 3.14. The van der Waals surface area contributed by atoms with Crippen LogP contribution in [0, 0.1) is 6.92 Å². The summed E-state index contributed by atoms with van der Waals surface area (Å²) in [6, 6.07) is 4.15. The first-order chi connectivity index (χ1) is 8.10. The van der Waals surface area contributed by atoms with Crippen LogP contribution in [0.25, 0.3) is 5.57 Å². The van der Waals surface area contributed by atoms with Crippen molar-refractivity contribution in [3.8, 4) is 0 Å². The molecule has 0 unspecified atom stereocenters. The molecule has 0 atom stereocenters. The number of halogens is 1. The van der Waals surface area contributed by atoms with Gasteiger partial charge in [0.1, 0.15) is 0 Å². The second-order valence-corrected chi connectivity index (χ2v) is 4.59. The first kappa shape index (κ1) is 14.0. The molecule has 0 aliphatic heterocycles. The summed E-state index contributed by atoms with van der Waals surface area (Å²) in [6.07, 6.45) is 6.31. The third-order valence-corrected chi connectivity index (χ3v) is 2.99. The number of hydrogen-bond donors (Lipinski definition) is 0. The Morgan fingerprint density at radius 1 is 1.41 bits per heavy atom.